The molecule has 2 N–H and O–H groups in total. The van der Waals surface area contributed by atoms with E-state index >= 15 is 0 Å². The molecule has 0 saturated carbocycles. The minimum atomic E-state index is -0.736. The summed E-state index contributed by atoms with van der Waals surface area (Å²) in [5.74, 6) is -0.153. The van der Waals surface area contributed by atoms with Gasteiger partial charge in [-0.3, -0.25) is 4.79 Å². The third-order valence-electron chi connectivity index (χ3n) is 4.85. The van der Waals surface area contributed by atoms with E-state index in [0.29, 0.717) is 32.4 Å². The molecule has 7 heteroatoms. The Hall–Kier alpha value is -3.19. The molecule has 0 aliphatic carbocycles. The molecule has 4 rings (SSSR count). The van der Waals surface area contributed by atoms with Crippen LogP contribution in [-0.4, -0.2) is 21.0 Å². The average molecular weight is 394 g/mol. The normalized spacial score (nSPS) is 12.4. The van der Waals surface area contributed by atoms with E-state index in [2.05, 4.69) is 9.97 Å². The molecule has 0 aliphatic heterocycles. The number of benzene rings is 2. The fourth-order valence-corrected chi connectivity index (χ4v) is 4.24. The Kier molecular flexibility index (Phi) is 4.39. The summed E-state index contributed by atoms with van der Waals surface area (Å²) in [5, 5.41) is 11.7. The lowest BCUT2D eigenvalue weighted by Crippen LogP contribution is -2.17. The number of hydrogen-bond donors (Lipinski definition) is 2. The predicted molar refractivity (Wildman–Crippen MR) is 109 cm³/mol. The van der Waals surface area contributed by atoms with Gasteiger partial charge in [0, 0.05) is 10.3 Å². The Balaban J connectivity index is 1.68. The third kappa shape index (κ3) is 2.93. The summed E-state index contributed by atoms with van der Waals surface area (Å²) in [5.41, 5.74) is 1.02. The molecule has 0 radical (unpaired) electrons. The van der Waals surface area contributed by atoms with E-state index in [1.54, 1.807) is 31.2 Å². The maximum absolute atomic E-state index is 12.7. The minimum Gasteiger partial charge on any atom is -0.507 e. The van der Waals surface area contributed by atoms with Gasteiger partial charge in [-0.15, -0.1) is 11.3 Å². The summed E-state index contributed by atoms with van der Waals surface area (Å²) in [6.07, 6.45) is -0.736. The number of aromatic nitrogens is 2. The molecular formula is C21H18N2O4S. The number of nitrogens with zero attached hydrogens (tertiary/aromatic N) is 1. The van der Waals surface area contributed by atoms with Gasteiger partial charge in [0.15, 0.2) is 11.9 Å². The highest BCUT2D eigenvalue weighted by atomic mass is 32.1. The van der Waals surface area contributed by atoms with E-state index in [1.807, 2.05) is 13.8 Å². The zero-order valence-corrected chi connectivity index (χ0v) is 16.4. The second-order valence-electron chi connectivity index (χ2n) is 6.64. The van der Waals surface area contributed by atoms with Crippen LogP contribution < -0.4 is 5.56 Å². The number of rotatable bonds is 3. The zero-order chi connectivity index (χ0) is 20.0. The first kappa shape index (κ1) is 18.2. The van der Waals surface area contributed by atoms with Crippen LogP contribution in [0, 0.1) is 13.8 Å². The lowest BCUT2D eigenvalue weighted by molar-refractivity contribution is 0.0322. The number of fused-ring (bicyclic) bond motifs is 2. The quantitative estimate of drug-likeness (QED) is 0.503. The molecule has 142 valence electrons. The monoisotopic (exact) mass is 394 g/mol. The fourth-order valence-electron chi connectivity index (χ4n) is 3.20. The second-order valence-corrected chi connectivity index (χ2v) is 7.84. The third-order valence-corrected chi connectivity index (χ3v) is 5.95. The molecule has 4 aromatic rings. The Labute approximate surface area is 164 Å². The van der Waals surface area contributed by atoms with Gasteiger partial charge in [0.2, 0.25) is 0 Å². The first-order valence-electron chi connectivity index (χ1n) is 8.78. The van der Waals surface area contributed by atoms with E-state index in [9.17, 15) is 14.7 Å². The van der Waals surface area contributed by atoms with Crippen molar-refractivity contribution in [2.45, 2.75) is 26.9 Å². The summed E-state index contributed by atoms with van der Waals surface area (Å²) in [6, 6.07) is 10.1. The summed E-state index contributed by atoms with van der Waals surface area (Å²) in [4.78, 5) is 34.1. The van der Waals surface area contributed by atoms with Crippen molar-refractivity contribution in [1.82, 2.24) is 9.97 Å². The number of esters is 1. The minimum absolute atomic E-state index is 0.0973. The standard InChI is InChI=1S/C21H18N2O4S/c1-10-12(3)28-20-17(10)19(25)22-18(23-20)11(2)27-21(26)15-8-9-16(24)14-7-5-4-6-13(14)15/h4-9,11,24H,1-3H3,(H,22,23,25). The molecule has 0 saturated heterocycles. The first-order valence-corrected chi connectivity index (χ1v) is 9.60. The molecule has 0 aliphatic rings. The van der Waals surface area contributed by atoms with Crippen LogP contribution in [0.3, 0.4) is 0 Å². The number of ether oxygens (including phenoxy) is 1. The van der Waals surface area contributed by atoms with Gasteiger partial charge in [0.05, 0.1) is 10.9 Å². The van der Waals surface area contributed by atoms with Crippen molar-refractivity contribution in [3.63, 3.8) is 0 Å². The first-order chi connectivity index (χ1) is 13.4. The molecule has 0 amide bonds. The zero-order valence-electron chi connectivity index (χ0n) is 15.6. The van der Waals surface area contributed by atoms with Crippen molar-refractivity contribution in [3.05, 3.63) is 68.6 Å². The Morgan fingerprint density at radius 1 is 1.18 bits per heavy atom. The second kappa shape index (κ2) is 6.76. The van der Waals surface area contributed by atoms with Gasteiger partial charge in [0.25, 0.3) is 5.56 Å². The molecule has 2 heterocycles. The van der Waals surface area contributed by atoms with Gasteiger partial charge in [-0.05, 0) is 43.9 Å². The smallest absolute Gasteiger partial charge is 0.339 e. The van der Waals surface area contributed by atoms with Gasteiger partial charge >= 0.3 is 5.97 Å². The van der Waals surface area contributed by atoms with Gasteiger partial charge in [-0.1, -0.05) is 24.3 Å². The number of aromatic amines is 1. The van der Waals surface area contributed by atoms with Crippen molar-refractivity contribution in [1.29, 1.82) is 0 Å². The van der Waals surface area contributed by atoms with Crippen LogP contribution >= 0.6 is 11.3 Å². The molecule has 1 atom stereocenters. The number of nitrogens with one attached hydrogen (secondary N) is 1. The number of phenols is 1. The van der Waals surface area contributed by atoms with Crippen LogP contribution in [0.25, 0.3) is 21.0 Å². The van der Waals surface area contributed by atoms with Crippen molar-refractivity contribution in [2.75, 3.05) is 0 Å². The van der Waals surface area contributed by atoms with Crippen LogP contribution in [0.5, 0.6) is 5.75 Å². The molecule has 0 bridgehead atoms. The number of aryl methyl sites for hydroxylation is 2. The van der Waals surface area contributed by atoms with Crippen molar-refractivity contribution >= 4 is 38.3 Å². The van der Waals surface area contributed by atoms with Crippen LogP contribution in [0.1, 0.15) is 39.7 Å². The molecule has 6 nitrogen and oxygen atoms in total. The number of carbonyl (C=O) groups excluding carboxylic acids is 1. The van der Waals surface area contributed by atoms with E-state index in [4.69, 9.17) is 4.74 Å². The number of phenolic OH excluding ortho intramolecular Hbond substituents is 1. The highest BCUT2D eigenvalue weighted by molar-refractivity contribution is 7.18. The lowest BCUT2D eigenvalue weighted by atomic mass is 10.0. The number of hydrogen-bond acceptors (Lipinski definition) is 6. The topological polar surface area (TPSA) is 92.3 Å². The molecule has 2 aromatic carbocycles. The van der Waals surface area contributed by atoms with E-state index in [-0.39, 0.29) is 11.3 Å². The molecular weight excluding hydrogens is 376 g/mol. The maximum Gasteiger partial charge on any atom is 0.339 e. The highest BCUT2D eigenvalue weighted by Crippen LogP contribution is 2.30. The van der Waals surface area contributed by atoms with Crippen LogP contribution in [0.15, 0.2) is 41.2 Å². The molecule has 28 heavy (non-hydrogen) atoms. The van der Waals surface area contributed by atoms with Gasteiger partial charge < -0.3 is 14.8 Å². The summed E-state index contributed by atoms with van der Waals surface area (Å²) < 4.78 is 5.56. The Morgan fingerprint density at radius 2 is 1.89 bits per heavy atom. The molecule has 0 spiro atoms. The number of thiophene rings is 1. The lowest BCUT2D eigenvalue weighted by Gasteiger charge is -2.14. The van der Waals surface area contributed by atoms with E-state index in [1.165, 1.54) is 23.5 Å². The van der Waals surface area contributed by atoms with Crippen molar-refractivity contribution < 1.29 is 14.6 Å². The summed E-state index contributed by atoms with van der Waals surface area (Å²) >= 11 is 1.44. The summed E-state index contributed by atoms with van der Waals surface area (Å²) in [7, 11) is 0. The maximum atomic E-state index is 12.7. The average Bonchev–Trinajstić information content (AvgIpc) is 2.96. The molecule has 0 fully saturated rings. The van der Waals surface area contributed by atoms with Crippen LogP contribution in [0.2, 0.25) is 0 Å². The Bertz CT molecular complexity index is 1290. The van der Waals surface area contributed by atoms with Gasteiger partial charge in [-0.25, -0.2) is 9.78 Å². The predicted octanol–water partition coefficient (Wildman–Crippen LogP) is 4.38. The molecule has 1 unspecified atom stereocenters. The van der Waals surface area contributed by atoms with Crippen LogP contribution in [-0.2, 0) is 4.74 Å². The van der Waals surface area contributed by atoms with Gasteiger partial charge in [-0.2, -0.15) is 0 Å². The highest BCUT2D eigenvalue weighted by Gasteiger charge is 2.20. The largest absolute Gasteiger partial charge is 0.507 e. The SMILES string of the molecule is Cc1sc2nc(C(C)OC(=O)c3ccc(O)c4ccccc34)[nH]c(=O)c2c1C. The van der Waals surface area contributed by atoms with E-state index < -0.39 is 12.1 Å². The summed E-state index contributed by atoms with van der Waals surface area (Å²) in [6.45, 7) is 5.50. The fraction of sp³-hybridized carbons (Fsp3) is 0.190. The molecule has 2 aromatic heterocycles. The van der Waals surface area contributed by atoms with E-state index in [0.717, 1.165) is 10.4 Å². The number of H-pyrrole nitrogens is 1. The van der Waals surface area contributed by atoms with Crippen molar-refractivity contribution in [3.8, 4) is 5.75 Å². The number of carbonyl (C=O) groups is 1. The number of aromatic hydroxyl groups is 1. The van der Waals surface area contributed by atoms with Crippen LogP contribution in [0.4, 0.5) is 0 Å². The van der Waals surface area contributed by atoms with Gasteiger partial charge in [0.1, 0.15) is 10.6 Å². The Morgan fingerprint density at radius 3 is 2.64 bits per heavy atom. The van der Waals surface area contributed by atoms with Crippen molar-refractivity contribution in [2.24, 2.45) is 0 Å².